The Morgan fingerprint density at radius 2 is 2.24 bits per heavy atom. The summed E-state index contributed by atoms with van der Waals surface area (Å²) in [5, 5.41) is 15.6. The topological polar surface area (TPSA) is 49.3 Å². The number of anilines is 1. The number of hydrogen-bond acceptors (Lipinski definition) is 3. The number of thiophene rings is 1. The number of benzene rings is 1. The molecule has 6 heteroatoms. The van der Waals surface area contributed by atoms with E-state index in [0.29, 0.717) is 11.4 Å². The van der Waals surface area contributed by atoms with Crippen molar-refractivity contribution in [2.45, 2.75) is 24.8 Å². The zero-order valence-corrected chi connectivity index (χ0v) is 14.2. The minimum Gasteiger partial charge on any atom is -0.479 e. The Labute approximate surface area is 140 Å². The van der Waals surface area contributed by atoms with Gasteiger partial charge in [0.1, 0.15) is 0 Å². The van der Waals surface area contributed by atoms with Gasteiger partial charge in [-0.25, -0.2) is 4.79 Å². The molecule has 110 valence electrons. The molecular weight excluding hydrogens is 374 g/mol. The van der Waals surface area contributed by atoms with Crippen molar-refractivity contribution in [2.75, 3.05) is 5.32 Å². The number of fused-ring (bicyclic) bond motifs is 1. The van der Waals surface area contributed by atoms with Crippen molar-refractivity contribution in [3.05, 3.63) is 49.6 Å². The molecule has 3 rings (SSSR count). The molecule has 1 aliphatic rings. The van der Waals surface area contributed by atoms with Crippen LogP contribution in [0.2, 0.25) is 5.02 Å². The third-order valence-electron chi connectivity index (χ3n) is 3.80. The first kappa shape index (κ1) is 14.9. The SMILES string of the molecule is O=C(O)C1(Nc2ccc(Cl)c(Br)c2)CCCc2sccc21. The molecule has 2 N–H and O–H groups in total. The molecule has 1 heterocycles. The van der Waals surface area contributed by atoms with Gasteiger partial charge >= 0.3 is 5.97 Å². The zero-order chi connectivity index (χ0) is 15.0. The maximum atomic E-state index is 12.0. The Bertz CT molecular complexity index is 703. The first-order valence-electron chi connectivity index (χ1n) is 6.56. The van der Waals surface area contributed by atoms with Gasteiger partial charge in [-0.1, -0.05) is 11.6 Å². The molecule has 1 unspecified atom stereocenters. The number of nitrogens with one attached hydrogen (secondary N) is 1. The highest BCUT2D eigenvalue weighted by Gasteiger charge is 2.44. The van der Waals surface area contributed by atoms with Gasteiger partial charge in [0, 0.05) is 20.6 Å². The number of carboxylic acids is 1. The molecule has 0 fully saturated rings. The van der Waals surface area contributed by atoms with Crippen LogP contribution in [0.3, 0.4) is 0 Å². The van der Waals surface area contributed by atoms with Gasteiger partial charge in [-0.2, -0.15) is 0 Å². The minimum atomic E-state index is -1.05. The fourth-order valence-electron chi connectivity index (χ4n) is 2.79. The molecule has 0 radical (unpaired) electrons. The Kier molecular flexibility index (Phi) is 3.99. The number of carbonyl (C=O) groups is 1. The molecule has 0 bridgehead atoms. The van der Waals surface area contributed by atoms with Crippen LogP contribution in [0.5, 0.6) is 0 Å². The van der Waals surface area contributed by atoms with E-state index in [4.69, 9.17) is 11.6 Å². The van der Waals surface area contributed by atoms with E-state index in [0.717, 1.165) is 33.4 Å². The van der Waals surface area contributed by atoms with Crippen LogP contribution in [0.25, 0.3) is 0 Å². The quantitative estimate of drug-likeness (QED) is 0.789. The fourth-order valence-corrected chi connectivity index (χ4v) is 4.29. The summed E-state index contributed by atoms with van der Waals surface area (Å²) in [6.45, 7) is 0. The van der Waals surface area contributed by atoms with Gasteiger partial charge in [0.05, 0.1) is 5.02 Å². The minimum absolute atomic E-state index is 0.576. The molecule has 21 heavy (non-hydrogen) atoms. The van der Waals surface area contributed by atoms with Gasteiger partial charge in [0.15, 0.2) is 5.54 Å². The van der Waals surface area contributed by atoms with E-state index in [9.17, 15) is 9.90 Å². The third-order valence-corrected chi connectivity index (χ3v) is 6.00. The fraction of sp³-hybridized carbons (Fsp3) is 0.267. The maximum Gasteiger partial charge on any atom is 0.334 e. The standard InChI is InChI=1S/C15H13BrClNO2S/c16-11-8-9(3-4-12(11)17)18-15(14(19)20)6-1-2-13-10(15)5-7-21-13/h3-5,7-8,18H,1-2,6H2,(H,19,20). The maximum absolute atomic E-state index is 12.0. The highest BCUT2D eigenvalue weighted by Crippen LogP contribution is 2.41. The average Bonchev–Trinajstić information content (AvgIpc) is 2.92. The Morgan fingerprint density at radius 1 is 1.43 bits per heavy atom. The summed E-state index contributed by atoms with van der Waals surface area (Å²) in [6.07, 6.45) is 2.39. The van der Waals surface area contributed by atoms with Crippen LogP contribution in [0, 0.1) is 0 Å². The molecule has 1 aromatic heterocycles. The second-order valence-corrected chi connectivity index (χ2v) is 7.34. The van der Waals surface area contributed by atoms with E-state index >= 15 is 0 Å². The summed E-state index contributed by atoms with van der Waals surface area (Å²) in [5.41, 5.74) is 0.575. The molecule has 0 saturated carbocycles. The van der Waals surface area contributed by atoms with Gasteiger partial charge in [-0.15, -0.1) is 11.3 Å². The molecule has 2 aromatic rings. The third kappa shape index (κ3) is 2.58. The summed E-state index contributed by atoms with van der Waals surface area (Å²) >= 11 is 11.0. The lowest BCUT2D eigenvalue weighted by atomic mass is 9.80. The van der Waals surface area contributed by atoms with E-state index in [1.54, 1.807) is 23.5 Å². The number of hydrogen-bond donors (Lipinski definition) is 2. The summed E-state index contributed by atoms with van der Waals surface area (Å²) in [5.74, 6) is -0.840. The molecule has 3 nitrogen and oxygen atoms in total. The predicted molar refractivity (Wildman–Crippen MR) is 89.3 cm³/mol. The van der Waals surface area contributed by atoms with Crippen LogP contribution in [-0.4, -0.2) is 11.1 Å². The van der Waals surface area contributed by atoms with E-state index in [1.165, 1.54) is 0 Å². The van der Waals surface area contributed by atoms with Crippen molar-refractivity contribution < 1.29 is 9.90 Å². The van der Waals surface area contributed by atoms with Crippen molar-refractivity contribution in [2.24, 2.45) is 0 Å². The Balaban J connectivity index is 2.04. The number of carboxylic acid groups (broad SMARTS) is 1. The summed E-state index contributed by atoms with van der Waals surface area (Å²) in [4.78, 5) is 13.2. The molecule has 0 saturated heterocycles. The lowest BCUT2D eigenvalue weighted by molar-refractivity contribution is -0.143. The molecule has 1 atom stereocenters. The number of aliphatic carboxylic acids is 1. The molecule has 0 aliphatic heterocycles. The number of rotatable bonds is 3. The zero-order valence-electron chi connectivity index (χ0n) is 11.0. The van der Waals surface area contributed by atoms with Gasteiger partial charge in [0.2, 0.25) is 0 Å². The van der Waals surface area contributed by atoms with Crippen molar-refractivity contribution >= 4 is 50.5 Å². The summed E-state index contributed by atoms with van der Waals surface area (Å²) in [6, 6.07) is 7.29. The van der Waals surface area contributed by atoms with Crippen LogP contribution in [0.15, 0.2) is 34.1 Å². The largest absolute Gasteiger partial charge is 0.479 e. The van der Waals surface area contributed by atoms with Crippen molar-refractivity contribution in [1.82, 2.24) is 0 Å². The summed E-state index contributed by atoms with van der Waals surface area (Å²) < 4.78 is 0.746. The molecule has 0 amide bonds. The van der Waals surface area contributed by atoms with E-state index in [2.05, 4.69) is 21.2 Å². The lowest BCUT2D eigenvalue weighted by Gasteiger charge is -2.35. The molecule has 1 aromatic carbocycles. The van der Waals surface area contributed by atoms with Crippen LogP contribution in [0.1, 0.15) is 23.3 Å². The highest BCUT2D eigenvalue weighted by molar-refractivity contribution is 9.10. The van der Waals surface area contributed by atoms with Crippen molar-refractivity contribution in [1.29, 1.82) is 0 Å². The van der Waals surface area contributed by atoms with Crippen molar-refractivity contribution in [3.8, 4) is 0 Å². The normalized spacial score (nSPS) is 20.9. The summed E-state index contributed by atoms with van der Waals surface area (Å²) in [7, 11) is 0. The van der Waals surface area contributed by atoms with Crippen LogP contribution in [0.4, 0.5) is 5.69 Å². The first-order chi connectivity index (χ1) is 10.0. The average molecular weight is 387 g/mol. The van der Waals surface area contributed by atoms with Crippen LogP contribution < -0.4 is 5.32 Å². The second-order valence-electron chi connectivity index (χ2n) is 5.08. The highest BCUT2D eigenvalue weighted by atomic mass is 79.9. The smallest absolute Gasteiger partial charge is 0.334 e. The van der Waals surface area contributed by atoms with Gasteiger partial charge in [-0.3, -0.25) is 0 Å². The predicted octanol–water partition coefficient (Wildman–Crippen LogP) is 4.89. The first-order valence-corrected chi connectivity index (χ1v) is 8.61. The van der Waals surface area contributed by atoms with Gasteiger partial charge in [0.25, 0.3) is 0 Å². The number of halogens is 2. The molecular formula is C15H13BrClNO2S. The lowest BCUT2D eigenvalue weighted by Crippen LogP contribution is -2.45. The Morgan fingerprint density at radius 3 is 2.95 bits per heavy atom. The second kappa shape index (κ2) is 5.63. The van der Waals surface area contributed by atoms with E-state index in [1.807, 2.05) is 17.5 Å². The van der Waals surface area contributed by atoms with E-state index in [-0.39, 0.29) is 0 Å². The van der Waals surface area contributed by atoms with Gasteiger partial charge < -0.3 is 10.4 Å². The van der Waals surface area contributed by atoms with Crippen LogP contribution in [-0.2, 0) is 16.8 Å². The monoisotopic (exact) mass is 385 g/mol. The molecule has 0 spiro atoms. The molecule has 1 aliphatic carbocycles. The van der Waals surface area contributed by atoms with E-state index < -0.39 is 11.5 Å². The number of aryl methyl sites for hydroxylation is 1. The van der Waals surface area contributed by atoms with Crippen LogP contribution >= 0.6 is 38.9 Å². The van der Waals surface area contributed by atoms with Crippen molar-refractivity contribution in [3.63, 3.8) is 0 Å². The van der Waals surface area contributed by atoms with Gasteiger partial charge in [-0.05, 0) is 64.8 Å². The Hall–Kier alpha value is -1.04.